The van der Waals surface area contributed by atoms with Gasteiger partial charge in [-0.2, -0.15) is 0 Å². The molecule has 0 N–H and O–H groups in total. The highest BCUT2D eigenvalue weighted by Crippen LogP contribution is 2.31. The topological polar surface area (TPSA) is 3.24 Å². The predicted molar refractivity (Wildman–Crippen MR) is 48.2 cm³/mol. The lowest BCUT2D eigenvalue weighted by Gasteiger charge is -2.15. The van der Waals surface area contributed by atoms with E-state index in [1.807, 2.05) is 13.1 Å². The quantitative estimate of drug-likeness (QED) is 0.423. The number of benzene rings is 1. The molecule has 1 unspecified atom stereocenters. The second-order valence-electron chi connectivity index (χ2n) is 2.88. The molecule has 0 aliphatic carbocycles. The van der Waals surface area contributed by atoms with Gasteiger partial charge in [-0.15, -0.1) is 0 Å². The Hall–Kier alpha value is -0.690. The lowest BCUT2D eigenvalue weighted by Crippen LogP contribution is -2.21. The van der Waals surface area contributed by atoms with E-state index in [9.17, 15) is 0 Å². The maximum Gasteiger partial charge on any atom is 0.108 e. The van der Waals surface area contributed by atoms with Crippen molar-refractivity contribution >= 4 is 17.3 Å². The molecule has 58 valence electrons. The molecule has 0 amide bonds. The fraction of sp³-hybridized carbons (Fsp3) is 0.333. The van der Waals surface area contributed by atoms with Gasteiger partial charge >= 0.3 is 0 Å². The summed E-state index contributed by atoms with van der Waals surface area (Å²) in [5, 5.41) is 0. The summed E-state index contributed by atoms with van der Waals surface area (Å²) in [6.45, 7) is 0. The SMILES string of the molecule is CN1c2ccccc2CC1Cl. The lowest BCUT2D eigenvalue weighted by atomic mass is 10.2. The molecule has 1 aliphatic rings. The van der Waals surface area contributed by atoms with Gasteiger partial charge in [-0.05, 0) is 11.6 Å². The van der Waals surface area contributed by atoms with Crippen LogP contribution in [-0.2, 0) is 6.42 Å². The molecule has 0 aromatic heterocycles. The highest BCUT2D eigenvalue weighted by Gasteiger charge is 2.22. The first kappa shape index (κ1) is 6.99. The van der Waals surface area contributed by atoms with Crippen molar-refractivity contribution in [3.8, 4) is 0 Å². The Morgan fingerprint density at radius 3 is 2.91 bits per heavy atom. The molecule has 11 heavy (non-hydrogen) atoms. The molecule has 0 bridgehead atoms. The molecule has 0 fully saturated rings. The minimum atomic E-state index is 0.146. The number of alkyl halides is 1. The summed E-state index contributed by atoms with van der Waals surface area (Å²) in [7, 11) is 2.03. The molecular weight excluding hydrogens is 158 g/mol. The van der Waals surface area contributed by atoms with Crippen molar-refractivity contribution in [3.63, 3.8) is 0 Å². The van der Waals surface area contributed by atoms with Crippen LogP contribution in [0.5, 0.6) is 0 Å². The largest absolute Gasteiger partial charge is 0.358 e. The van der Waals surface area contributed by atoms with Crippen LogP contribution in [0.15, 0.2) is 24.3 Å². The van der Waals surface area contributed by atoms with Crippen LogP contribution in [0.3, 0.4) is 0 Å². The molecule has 0 saturated carbocycles. The number of hydrogen-bond acceptors (Lipinski definition) is 1. The van der Waals surface area contributed by atoms with Gasteiger partial charge in [-0.3, -0.25) is 0 Å². The summed E-state index contributed by atoms with van der Waals surface area (Å²) in [4.78, 5) is 2.11. The van der Waals surface area contributed by atoms with Gasteiger partial charge in [0.2, 0.25) is 0 Å². The van der Waals surface area contributed by atoms with Crippen molar-refractivity contribution in [3.05, 3.63) is 29.8 Å². The van der Waals surface area contributed by atoms with Gasteiger partial charge < -0.3 is 4.90 Å². The second kappa shape index (κ2) is 2.42. The summed E-state index contributed by atoms with van der Waals surface area (Å²) in [6, 6.07) is 8.35. The molecule has 1 aromatic rings. The summed E-state index contributed by atoms with van der Waals surface area (Å²) in [5.74, 6) is 0. The summed E-state index contributed by atoms with van der Waals surface area (Å²) in [5.41, 5.74) is 2.77. The van der Waals surface area contributed by atoms with Gasteiger partial charge in [0.15, 0.2) is 0 Å². The van der Waals surface area contributed by atoms with E-state index in [0.717, 1.165) is 6.42 Å². The van der Waals surface area contributed by atoms with E-state index in [1.54, 1.807) is 0 Å². The van der Waals surface area contributed by atoms with Crippen LogP contribution in [0, 0.1) is 0 Å². The minimum Gasteiger partial charge on any atom is -0.358 e. The molecule has 1 atom stereocenters. The average Bonchev–Trinajstić information content (AvgIpc) is 2.30. The lowest BCUT2D eigenvalue weighted by molar-refractivity contribution is 0.879. The molecule has 2 heteroatoms. The summed E-state index contributed by atoms with van der Waals surface area (Å²) < 4.78 is 0. The first-order chi connectivity index (χ1) is 5.29. The van der Waals surface area contributed by atoms with Gasteiger partial charge in [0.05, 0.1) is 0 Å². The Bertz CT molecular complexity index is 272. The van der Waals surface area contributed by atoms with Crippen LogP contribution in [0.25, 0.3) is 0 Å². The Morgan fingerprint density at radius 1 is 1.45 bits per heavy atom. The smallest absolute Gasteiger partial charge is 0.108 e. The van der Waals surface area contributed by atoms with Crippen molar-refractivity contribution in [2.24, 2.45) is 0 Å². The Balaban J connectivity index is 2.47. The van der Waals surface area contributed by atoms with E-state index in [4.69, 9.17) is 11.6 Å². The van der Waals surface area contributed by atoms with Crippen LogP contribution < -0.4 is 4.90 Å². The maximum atomic E-state index is 6.05. The number of likely N-dealkylation sites (N-methyl/N-ethyl adjacent to an activating group) is 1. The standard InChI is InChI=1S/C9H10ClN/c1-11-8-5-3-2-4-7(8)6-9(11)10/h2-5,9H,6H2,1H3. The van der Waals surface area contributed by atoms with Crippen molar-refractivity contribution in [1.82, 2.24) is 0 Å². The fourth-order valence-corrected chi connectivity index (χ4v) is 1.77. The Morgan fingerprint density at radius 2 is 2.18 bits per heavy atom. The summed E-state index contributed by atoms with van der Waals surface area (Å²) in [6.07, 6.45) is 0.966. The van der Waals surface area contributed by atoms with Gasteiger partial charge in [-0.1, -0.05) is 29.8 Å². The zero-order valence-corrected chi connectivity index (χ0v) is 7.17. The molecule has 0 saturated heterocycles. The number of para-hydroxylation sites is 1. The molecular formula is C9H10ClN. The third-order valence-corrected chi connectivity index (χ3v) is 2.63. The second-order valence-corrected chi connectivity index (χ2v) is 3.38. The minimum absolute atomic E-state index is 0.146. The van der Waals surface area contributed by atoms with Gasteiger partial charge in [0, 0.05) is 19.2 Å². The highest BCUT2D eigenvalue weighted by atomic mass is 35.5. The van der Waals surface area contributed by atoms with Gasteiger partial charge in [0.1, 0.15) is 5.50 Å². The molecule has 1 nitrogen and oxygen atoms in total. The Labute approximate surface area is 71.6 Å². The third-order valence-electron chi connectivity index (χ3n) is 2.18. The zero-order valence-electron chi connectivity index (χ0n) is 6.42. The van der Waals surface area contributed by atoms with E-state index < -0.39 is 0 Å². The summed E-state index contributed by atoms with van der Waals surface area (Å²) >= 11 is 6.05. The molecule has 1 aromatic carbocycles. The fourth-order valence-electron chi connectivity index (χ4n) is 1.50. The Kier molecular flexibility index (Phi) is 1.53. The first-order valence-electron chi connectivity index (χ1n) is 3.74. The third kappa shape index (κ3) is 1.000. The van der Waals surface area contributed by atoms with E-state index in [2.05, 4.69) is 23.1 Å². The van der Waals surface area contributed by atoms with Crippen molar-refractivity contribution in [2.45, 2.75) is 11.9 Å². The highest BCUT2D eigenvalue weighted by molar-refractivity contribution is 6.22. The van der Waals surface area contributed by atoms with Crippen LogP contribution in [0.4, 0.5) is 5.69 Å². The first-order valence-corrected chi connectivity index (χ1v) is 4.17. The predicted octanol–water partition coefficient (Wildman–Crippen LogP) is 2.24. The van der Waals surface area contributed by atoms with Crippen LogP contribution in [0.1, 0.15) is 5.56 Å². The zero-order chi connectivity index (χ0) is 7.84. The number of nitrogens with zero attached hydrogens (tertiary/aromatic N) is 1. The van der Waals surface area contributed by atoms with E-state index in [0.29, 0.717) is 0 Å². The van der Waals surface area contributed by atoms with Crippen molar-refractivity contribution in [1.29, 1.82) is 0 Å². The molecule has 2 rings (SSSR count). The van der Waals surface area contributed by atoms with Crippen LogP contribution >= 0.6 is 11.6 Å². The average molecular weight is 168 g/mol. The molecule has 0 spiro atoms. The normalized spacial score (nSPS) is 22.0. The van der Waals surface area contributed by atoms with Gasteiger partial charge in [-0.25, -0.2) is 0 Å². The number of halogens is 1. The molecule has 1 aliphatic heterocycles. The van der Waals surface area contributed by atoms with Crippen molar-refractivity contribution in [2.75, 3.05) is 11.9 Å². The number of hydrogen-bond donors (Lipinski definition) is 0. The number of anilines is 1. The van der Waals surface area contributed by atoms with Crippen LogP contribution in [-0.4, -0.2) is 12.5 Å². The number of fused-ring (bicyclic) bond motifs is 1. The van der Waals surface area contributed by atoms with E-state index >= 15 is 0 Å². The van der Waals surface area contributed by atoms with Crippen LogP contribution in [0.2, 0.25) is 0 Å². The van der Waals surface area contributed by atoms with E-state index in [-0.39, 0.29) is 5.50 Å². The number of rotatable bonds is 0. The molecule has 1 heterocycles. The monoisotopic (exact) mass is 167 g/mol. The van der Waals surface area contributed by atoms with E-state index in [1.165, 1.54) is 11.3 Å². The van der Waals surface area contributed by atoms with Gasteiger partial charge in [0.25, 0.3) is 0 Å². The van der Waals surface area contributed by atoms with Crippen molar-refractivity contribution < 1.29 is 0 Å². The molecule has 0 radical (unpaired) electrons. The maximum absolute atomic E-state index is 6.05.